The molecule has 0 aliphatic carbocycles. The molecule has 2 aromatic carbocycles. The van der Waals surface area contributed by atoms with E-state index in [1.54, 1.807) is 24.3 Å². The van der Waals surface area contributed by atoms with Gasteiger partial charge >= 0.3 is 0 Å². The van der Waals surface area contributed by atoms with Gasteiger partial charge in [-0.1, -0.05) is 12.1 Å². The highest BCUT2D eigenvalue weighted by Crippen LogP contribution is 2.28. The van der Waals surface area contributed by atoms with Crippen molar-refractivity contribution in [3.63, 3.8) is 0 Å². The van der Waals surface area contributed by atoms with E-state index in [9.17, 15) is 25.0 Å². The second-order valence-corrected chi connectivity index (χ2v) is 4.81. The molecule has 0 atom stereocenters. The molecule has 2 aromatic rings. The lowest BCUT2D eigenvalue weighted by Gasteiger charge is -2.03. The number of carbonyl (C=O) groups is 1. The van der Waals surface area contributed by atoms with Gasteiger partial charge in [-0.05, 0) is 29.8 Å². The van der Waals surface area contributed by atoms with Crippen molar-refractivity contribution in [2.75, 3.05) is 12.4 Å². The highest BCUT2D eigenvalue weighted by atomic mass is 16.6. The van der Waals surface area contributed by atoms with Gasteiger partial charge in [-0.15, -0.1) is 0 Å². The van der Waals surface area contributed by atoms with Crippen LogP contribution < -0.4 is 10.1 Å². The first-order valence-corrected chi connectivity index (χ1v) is 6.96. The van der Waals surface area contributed by atoms with Crippen molar-refractivity contribution < 1.29 is 19.4 Å². The number of hydrogen-bond acceptors (Lipinski definition) is 6. The predicted molar refractivity (Wildman–Crippen MR) is 90.4 cm³/mol. The maximum absolute atomic E-state index is 11.9. The van der Waals surface area contributed by atoms with Crippen LogP contribution in [0.3, 0.4) is 0 Å². The standard InChI is InChI=1S/C16H13N3O6/c1-25-13-6-2-11(3-7-13)4-9-16(20)17-14-8-5-12(18(21)22)10-15(14)19(23)24/h2-10H,1H3,(H,17,20). The fraction of sp³-hybridized carbons (Fsp3) is 0.0625. The van der Waals surface area contributed by atoms with Gasteiger partial charge in [0.25, 0.3) is 11.4 Å². The summed E-state index contributed by atoms with van der Waals surface area (Å²) in [6, 6.07) is 9.90. The Morgan fingerprint density at radius 1 is 1.08 bits per heavy atom. The molecule has 1 N–H and O–H groups in total. The molecule has 0 unspecified atom stereocenters. The van der Waals surface area contributed by atoms with Crippen LogP contribution in [-0.2, 0) is 4.79 Å². The summed E-state index contributed by atoms with van der Waals surface area (Å²) in [4.78, 5) is 32.1. The maximum atomic E-state index is 11.9. The minimum Gasteiger partial charge on any atom is -0.497 e. The number of nitrogens with zero attached hydrogens (tertiary/aromatic N) is 2. The van der Waals surface area contributed by atoms with E-state index < -0.39 is 27.1 Å². The highest BCUT2D eigenvalue weighted by Gasteiger charge is 2.20. The van der Waals surface area contributed by atoms with E-state index >= 15 is 0 Å². The second-order valence-electron chi connectivity index (χ2n) is 4.81. The van der Waals surface area contributed by atoms with Gasteiger partial charge in [-0.3, -0.25) is 25.0 Å². The minimum atomic E-state index is -0.796. The number of carbonyl (C=O) groups excluding carboxylic acids is 1. The molecular formula is C16H13N3O6. The third-order valence-corrected chi connectivity index (χ3v) is 3.19. The Labute approximate surface area is 141 Å². The lowest BCUT2D eigenvalue weighted by Crippen LogP contribution is -2.09. The van der Waals surface area contributed by atoms with Crippen LogP contribution in [0, 0.1) is 20.2 Å². The van der Waals surface area contributed by atoms with Gasteiger partial charge in [0.1, 0.15) is 11.4 Å². The molecule has 0 heterocycles. The Kier molecular flexibility index (Phi) is 5.41. The zero-order valence-electron chi connectivity index (χ0n) is 13.0. The molecule has 9 nitrogen and oxygen atoms in total. The Morgan fingerprint density at radius 2 is 1.76 bits per heavy atom. The van der Waals surface area contributed by atoms with Crippen molar-refractivity contribution >= 4 is 29.0 Å². The van der Waals surface area contributed by atoms with E-state index in [-0.39, 0.29) is 5.69 Å². The van der Waals surface area contributed by atoms with Gasteiger partial charge in [0.2, 0.25) is 5.91 Å². The number of rotatable bonds is 6. The number of amides is 1. The number of nitrogens with one attached hydrogen (secondary N) is 1. The maximum Gasteiger partial charge on any atom is 0.299 e. The van der Waals surface area contributed by atoms with Crippen molar-refractivity contribution in [1.29, 1.82) is 0 Å². The molecule has 2 rings (SSSR count). The largest absolute Gasteiger partial charge is 0.497 e. The summed E-state index contributed by atoms with van der Waals surface area (Å²) in [5.74, 6) is 0.0656. The minimum absolute atomic E-state index is 0.125. The molecule has 25 heavy (non-hydrogen) atoms. The first kappa shape index (κ1) is 17.6. The van der Waals surface area contributed by atoms with E-state index in [4.69, 9.17) is 4.74 Å². The molecule has 0 aliphatic heterocycles. The van der Waals surface area contributed by atoms with E-state index in [1.165, 1.54) is 19.3 Å². The van der Waals surface area contributed by atoms with E-state index in [0.717, 1.165) is 23.8 Å². The molecule has 0 fully saturated rings. The molecule has 9 heteroatoms. The monoisotopic (exact) mass is 343 g/mol. The SMILES string of the molecule is COc1ccc(C=CC(=O)Nc2ccc([N+](=O)[O-])cc2[N+](=O)[O-])cc1. The van der Waals surface area contributed by atoms with Gasteiger partial charge < -0.3 is 10.1 Å². The van der Waals surface area contributed by atoms with Crippen LogP contribution in [0.4, 0.5) is 17.1 Å². The Morgan fingerprint density at radius 3 is 2.32 bits per heavy atom. The molecule has 0 aliphatic rings. The van der Waals surface area contributed by atoms with Gasteiger partial charge in [-0.25, -0.2) is 0 Å². The molecular weight excluding hydrogens is 330 g/mol. The normalized spacial score (nSPS) is 10.4. The van der Waals surface area contributed by atoms with Crippen LogP contribution in [0.1, 0.15) is 5.56 Å². The third kappa shape index (κ3) is 4.61. The van der Waals surface area contributed by atoms with Gasteiger partial charge in [0, 0.05) is 12.1 Å². The quantitative estimate of drug-likeness (QED) is 0.488. The van der Waals surface area contributed by atoms with Crippen LogP contribution in [-0.4, -0.2) is 22.9 Å². The average Bonchev–Trinajstić information content (AvgIpc) is 2.60. The fourth-order valence-electron chi connectivity index (χ4n) is 1.95. The van der Waals surface area contributed by atoms with Crippen molar-refractivity contribution in [2.24, 2.45) is 0 Å². The zero-order chi connectivity index (χ0) is 18.4. The predicted octanol–water partition coefficient (Wildman–Crippen LogP) is 3.16. The van der Waals surface area contributed by atoms with E-state index in [0.29, 0.717) is 5.75 Å². The Hall–Kier alpha value is -3.75. The lowest BCUT2D eigenvalue weighted by molar-refractivity contribution is -0.393. The third-order valence-electron chi connectivity index (χ3n) is 3.19. The van der Waals surface area contributed by atoms with Crippen LogP contribution >= 0.6 is 0 Å². The van der Waals surface area contributed by atoms with Gasteiger partial charge in [0.05, 0.1) is 23.0 Å². The van der Waals surface area contributed by atoms with E-state index in [1.807, 2.05) is 0 Å². The summed E-state index contributed by atoms with van der Waals surface area (Å²) in [5, 5.41) is 24.0. The number of ether oxygens (including phenoxy) is 1. The average molecular weight is 343 g/mol. The summed E-state index contributed by atoms with van der Waals surface area (Å²) >= 11 is 0. The number of hydrogen-bond donors (Lipinski definition) is 1. The molecule has 0 aromatic heterocycles. The fourth-order valence-corrected chi connectivity index (χ4v) is 1.95. The highest BCUT2D eigenvalue weighted by molar-refractivity contribution is 6.03. The molecule has 0 spiro atoms. The zero-order valence-corrected chi connectivity index (χ0v) is 13.0. The smallest absolute Gasteiger partial charge is 0.299 e. The number of nitro groups is 2. The van der Waals surface area contributed by atoms with Gasteiger partial charge in [0.15, 0.2) is 0 Å². The summed E-state index contributed by atoms with van der Waals surface area (Å²) in [5.41, 5.74) is -0.381. The number of anilines is 1. The molecule has 0 saturated heterocycles. The second kappa shape index (κ2) is 7.68. The van der Waals surface area contributed by atoms with Crippen molar-refractivity contribution in [3.8, 4) is 5.75 Å². The molecule has 0 radical (unpaired) electrons. The van der Waals surface area contributed by atoms with Crippen LogP contribution in [0.25, 0.3) is 6.08 Å². The summed E-state index contributed by atoms with van der Waals surface area (Å²) in [7, 11) is 1.54. The first-order chi connectivity index (χ1) is 11.9. The lowest BCUT2D eigenvalue weighted by atomic mass is 10.2. The number of methoxy groups -OCH3 is 1. The topological polar surface area (TPSA) is 125 Å². The first-order valence-electron chi connectivity index (χ1n) is 6.96. The van der Waals surface area contributed by atoms with Crippen LogP contribution in [0.5, 0.6) is 5.75 Å². The Balaban J connectivity index is 2.15. The van der Waals surface area contributed by atoms with Crippen molar-refractivity contribution in [1.82, 2.24) is 0 Å². The molecule has 0 saturated carbocycles. The van der Waals surface area contributed by atoms with E-state index in [2.05, 4.69) is 5.32 Å². The summed E-state index contributed by atoms with van der Waals surface area (Å²) in [6.45, 7) is 0. The summed E-state index contributed by atoms with van der Waals surface area (Å²) < 4.78 is 5.02. The molecule has 1 amide bonds. The number of non-ortho nitro benzene ring substituents is 1. The van der Waals surface area contributed by atoms with Crippen molar-refractivity contribution in [2.45, 2.75) is 0 Å². The number of benzene rings is 2. The summed E-state index contributed by atoms with van der Waals surface area (Å²) in [6.07, 6.45) is 2.72. The van der Waals surface area contributed by atoms with Crippen LogP contribution in [0.2, 0.25) is 0 Å². The van der Waals surface area contributed by atoms with Gasteiger partial charge in [-0.2, -0.15) is 0 Å². The molecule has 128 valence electrons. The molecule has 0 bridgehead atoms. The van der Waals surface area contributed by atoms with Crippen LogP contribution in [0.15, 0.2) is 48.5 Å². The van der Waals surface area contributed by atoms with Crippen molar-refractivity contribution in [3.05, 3.63) is 74.3 Å². The number of nitro benzene ring substituents is 2. The Bertz CT molecular complexity index is 845.